The third kappa shape index (κ3) is 5.41. The Labute approximate surface area is 150 Å². The standard InChI is InChI=1S/C19H20N2O5/c1-12-7-13(2)9-14(8-12)10-15(11-18(22)23)19(24)20-16-3-5-17(6-4-16)21(25)26/h3-9,15H,10-11H2,1-2H3,(H,20,24)(H,22,23). The molecular formula is C19H20N2O5. The van der Waals surface area contributed by atoms with Crippen LogP contribution in [-0.4, -0.2) is 21.9 Å². The zero-order valence-electron chi connectivity index (χ0n) is 14.6. The van der Waals surface area contributed by atoms with Crippen molar-refractivity contribution in [2.75, 3.05) is 5.32 Å². The Bertz CT molecular complexity index is 810. The monoisotopic (exact) mass is 356 g/mol. The fourth-order valence-electron chi connectivity index (χ4n) is 2.85. The highest BCUT2D eigenvalue weighted by molar-refractivity contribution is 5.94. The van der Waals surface area contributed by atoms with Gasteiger partial charge < -0.3 is 10.4 Å². The summed E-state index contributed by atoms with van der Waals surface area (Å²) in [6, 6.07) is 11.3. The molecule has 0 aliphatic heterocycles. The van der Waals surface area contributed by atoms with Crippen LogP contribution >= 0.6 is 0 Å². The molecule has 0 aromatic heterocycles. The van der Waals surface area contributed by atoms with Crippen molar-refractivity contribution in [3.05, 3.63) is 69.3 Å². The van der Waals surface area contributed by atoms with E-state index in [2.05, 4.69) is 5.32 Å². The molecule has 2 aromatic rings. The lowest BCUT2D eigenvalue weighted by atomic mass is 9.93. The first-order valence-electron chi connectivity index (χ1n) is 8.09. The number of aliphatic carboxylic acids is 1. The van der Waals surface area contributed by atoms with Gasteiger partial charge in [-0.3, -0.25) is 19.7 Å². The number of nitrogens with zero attached hydrogens (tertiary/aromatic N) is 1. The first-order valence-corrected chi connectivity index (χ1v) is 8.09. The smallest absolute Gasteiger partial charge is 0.304 e. The topological polar surface area (TPSA) is 110 Å². The van der Waals surface area contributed by atoms with Gasteiger partial charge in [0.15, 0.2) is 0 Å². The molecule has 26 heavy (non-hydrogen) atoms. The van der Waals surface area contributed by atoms with Crippen molar-refractivity contribution in [2.45, 2.75) is 26.7 Å². The SMILES string of the molecule is Cc1cc(C)cc(CC(CC(=O)O)C(=O)Nc2ccc([N+](=O)[O-])cc2)c1. The Morgan fingerprint density at radius 3 is 2.19 bits per heavy atom. The number of nitrogens with one attached hydrogen (secondary N) is 1. The molecule has 7 nitrogen and oxygen atoms in total. The van der Waals surface area contributed by atoms with E-state index in [9.17, 15) is 19.7 Å². The summed E-state index contributed by atoms with van der Waals surface area (Å²) in [5.74, 6) is -2.23. The van der Waals surface area contributed by atoms with Crippen LogP contribution in [0, 0.1) is 29.9 Å². The van der Waals surface area contributed by atoms with Crippen molar-refractivity contribution in [3.63, 3.8) is 0 Å². The van der Waals surface area contributed by atoms with Crippen molar-refractivity contribution in [2.24, 2.45) is 5.92 Å². The van der Waals surface area contributed by atoms with E-state index in [4.69, 9.17) is 5.11 Å². The van der Waals surface area contributed by atoms with Crippen LogP contribution in [-0.2, 0) is 16.0 Å². The minimum atomic E-state index is -1.06. The van der Waals surface area contributed by atoms with Crippen LogP contribution in [0.3, 0.4) is 0 Å². The van der Waals surface area contributed by atoms with Gasteiger partial charge in [-0.1, -0.05) is 29.3 Å². The average Bonchev–Trinajstić information content (AvgIpc) is 2.53. The molecule has 0 saturated heterocycles. The highest BCUT2D eigenvalue weighted by Crippen LogP contribution is 2.20. The molecule has 0 aliphatic rings. The van der Waals surface area contributed by atoms with E-state index in [1.807, 2.05) is 32.0 Å². The van der Waals surface area contributed by atoms with E-state index in [1.54, 1.807) is 0 Å². The van der Waals surface area contributed by atoms with Gasteiger partial charge in [0.1, 0.15) is 0 Å². The van der Waals surface area contributed by atoms with Gasteiger partial charge in [-0.2, -0.15) is 0 Å². The third-order valence-corrected chi connectivity index (χ3v) is 3.90. The van der Waals surface area contributed by atoms with Gasteiger partial charge in [0.2, 0.25) is 5.91 Å². The number of non-ortho nitro benzene ring substituents is 1. The Hall–Kier alpha value is -3.22. The summed E-state index contributed by atoms with van der Waals surface area (Å²) in [6.45, 7) is 3.89. The number of carbonyl (C=O) groups excluding carboxylic acids is 1. The molecule has 1 amide bonds. The molecule has 0 aliphatic carbocycles. The highest BCUT2D eigenvalue weighted by atomic mass is 16.6. The summed E-state index contributed by atoms with van der Waals surface area (Å²) >= 11 is 0. The number of amides is 1. The molecule has 0 heterocycles. The number of hydrogen-bond donors (Lipinski definition) is 2. The second-order valence-electron chi connectivity index (χ2n) is 6.29. The maximum atomic E-state index is 12.5. The van der Waals surface area contributed by atoms with Crippen molar-refractivity contribution in [3.8, 4) is 0 Å². The Kier molecular flexibility index (Phi) is 6.06. The lowest BCUT2D eigenvalue weighted by molar-refractivity contribution is -0.384. The second kappa shape index (κ2) is 8.24. The van der Waals surface area contributed by atoms with Crippen molar-refractivity contribution in [1.29, 1.82) is 0 Å². The number of carbonyl (C=O) groups is 2. The number of nitro benzene ring substituents is 1. The fourth-order valence-corrected chi connectivity index (χ4v) is 2.85. The Morgan fingerprint density at radius 2 is 1.69 bits per heavy atom. The van der Waals surface area contributed by atoms with Crippen molar-refractivity contribution >= 4 is 23.3 Å². The van der Waals surface area contributed by atoms with Gasteiger partial charge in [-0.15, -0.1) is 0 Å². The van der Waals surface area contributed by atoms with Crippen LogP contribution in [0.25, 0.3) is 0 Å². The summed E-state index contributed by atoms with van der Waals surface area (Å²) in [6.07, 6.45) is -0.000557. The molecule has 7 heteroatoms. The number of carboxylic acid groups (broad SMARTS) is 1. The van der Waals surface area contributed by atoms with Crippen LogP contribution < -0.4 is 5.32 Å². The number of hydrogen-bond acceptors (Lipinski definition) is 4. The number of anilines is 1. The normalized spacial score (nSPS) is 11.6. The van der Waals surface area contributed by atoms with Gasteiger partial charge in [0, 0.05) is 17.8 Å². The summed E-state index contributed by atoms with van der Waals surface area (Å²) in [5, 5.41) is 22.4. The molecule has 2 N–H and O–H groups in total. The van der Waals surface area contributed by atoms with Gasteiger partial charge >= 0.3 is 5.97 Å². The molecule has 136 valence electrons. The van der Waals surface area contributed by atoms with Crippen LogP contribution in [0.2, 0.25) is 0 Å². The lowest BCUT2D eigenvalue weighted by Crippen LogP contribution is -2.27. The van der Waals surface area contributed by atoms with E-state index in [0.29, 0.717) is 12.1 Å². The predicted molar refractivity (Wildman–Crippen MR) is 97.1 cm³/mol. The van der Waals surface area contributed by atoms with Gasteiger partial charge in [-0.05, 0) is 38.0 Å². The second-order valence-corrected chi connectivity index (χ2v) is 6.29. The zero-order chi connectivity index (χ0) is 19.3. The van der Waals surface area contributed by atoms with E-state index in [-0.39, 0.29) is 12.1 Å². The van der Waals surface area contributed by atoms with Crippen LogP contribution in [0.4, 0.5) is 11.4 Å². The van der Waals surface area contributed by atoms with Gasteiger partial charge in [-0.25, -0.2) is 0 Å². The molecular weight excluding hydrogens is 336 g/mol. The number of benzene rings is 2. The average molecular weight is 356 g/mol. The molecule has 2 aromatic carbocycles. The molecule has 0 saturated carbocycles. The molecule has 1 unspecified atom stereocenters. The fraction of sp³-hybridized carbons (Fsp3) is 0.263. The van der Waals surface area contributed by atoms with E-state index in [0.717, 1.165) is 16.7 Å². The number of nitro groups is 1. The first kappa shape index (κ1) is 19.1. The summed E-state index contributed by atoms with van der Waals surface area (Å²) in [7, 11) is 0. The summed E-state index contributed by atoms with van der Waals surface area (Å²) in [4.78, 5) is 33.8. The van der Waals surface area contributed by atoms with Crippen LogP contribution in [0.5, 0.6) is 0 Å². The van der Waals surface area contributed by atoms with Gasteiger partial charge in [0.05, 0.1) is 17.3 Å². The van der Waals surface area contributed by atoms with E-state index >= 15 is 0 Å². The predicted octanol–water partition coefficient (Wildman–Crippen LogP) is 3.48. The van der Waals surface area contributed by atoms with Gasteiger partial charge in [0.25, 0.3) is 5.69 Å². The number of rotatable bonds is 7. The third-order valence-electron chi connectivity index (χ3n) is 3.90. The molecule has 1 atom stereocenters. The number of aryl methyl sites for hydroxylation is 2. The highest BCUT2D eigenvalue weighted by Gasteiger charge is 2.23. The zero-order valence-corrected chi connectivity index (χ0v) is 14.6. The quantitative estimate of drug-likeness (QED) is 0.583. The minimum Gasteiger partial charge on any atom is -0.481 e. The summed E-state index contributed by atoms with van der Waals surface area (Å²) in [5.41, 5.74) is 3.29. The van der Waals surface area contributed by atoms with Crippen LogP contribution in [0.1, 0.15) is 23.1 Å². The largest absolute Gasteiger partial charge is 0.481 e. The molecule has 0 radical (unpaired) electrons. The minimum absolute atomic E-state index is 0.0830. The molecule has 0 bridgehead atoms. The molecule has 2 rings (SSSR count). The van der Waals surface area contributed by atoms with E-state index in [1.165, 1.54) is 24.3 Å². The van der Waals surface area contributed by atoms with E-state index < -0.39 is 22.7 Å². The molecule has 0 fully saturated rings. The maximum Gasteiger partial charge on any atom is 0.304 e. The molecule has 0 spiro atoms. The Morgan fingerprint density at radius 1 is 1.12 bits per heavy atom. The summed E-state index contributed by atoms with van der Waals surface area (Å²) < 4.78 is 0. The number of carboxylic acids is 1. The lowest BCUT2D eigenvalue weighted by Gasteiger charge is -2.16. The maximum absolute atomic E-state index is 12.5. The van der Waals surface area contributed by atoms with Crippen LogP contribution in [0.15, 0.2) is 42.5 Å². The van der Waals surface area contributed by atoms with Crippen molar-refractivity contribution in [1.82, 2.24) is 0 Å². The first-order chi connectivity index (χ1) is 12.2. The Balaban J connectivity index is 2.15. The van der Waals surface area contributed by atoms with Crippen molar-refractivity contribution < 1.29 is 19.6 Å².